The molecule has 12 heavy (non-hydrogen) atoms. The van der Waals surface area contributed by atoms with E-state index in [1.165, 1.54) is 0 Å². The van der Waals surface area contributed by atoms with Gasteiger partial charge in [-0.15, -0.1) is 0 Å². The number of nitrogens with zero attached hydrogens (tertiary/aromatic N) is 2. The first-order valence-electron chi connectivity index (χ1n) is 4.06. The molecule has 1 rings (SSSR count). The van der Waals surface area contributed by atoms with Crippen molar-refractivity contribution in [2.45, 2.75) is 31.8 Å². The van der Waals surface area contributed by atoms with Gasteiger partial charge in [0.2, 0.25) is 0 Å². The summed E-state index contributed by atoms with van der Waals surface area (Å²) < 4.78 is 0. The van der Waals surface area contributed by atoms with E-state index in [-0.39, 0.29) is 11.7 Å². The maximum absolute atomic E-state index is 11.4. The molecule has 0 aromatic rings. The van der Waals surface area contributed by atoms with Gasteiger partial charge in [-0.3, -0.25) is 4.79 Å². The van der Waals surface area contributed by atoms with E-state index in [9.17, 15) is 4.79 Å². The minimum absolute atomic E-state index is 0.00167. The normalized spacial score (nSPS) is 17.2. The SMILES string of the molecule is [C-]#[N+]C([N+]#[C-])C(=O)C1CCCC1. The minimum atomic E-state index is -1.06. The van der Waals surface area contributed by atoms with Crippen LogP contribution in [0.1, 0.15) is 25.7 Å². The number of hydrogen-bond acceptors (Lipinski definition) is 1. The fourth-order valence-electron chi connectivity index (χ4n) is 1.58. The fourth-order valence-corrected chi connectivity index (χ4v) is 1.58. The van der Waals surface area contributed by atoms with Crippen LogP contribution >= 0.6 is 0 Å². The van der Waals surface area contributed by atoms with E-state index in [1.54, 1.807) is 0 Å². The van der Waals surface area contributed by atoms with Crippen LogP contribution in [0.2, 0.25) is 0 Å². The lowest BCUT2D eigenvalue weighted by Gasteiger charge is -2.00. The third kappa shape index (κ3) is 1.62. The molecule has 0 amide bonds. The molecule has 1 saturated carbocycles. The lowest BCUT2D eigenvalue weighted by molar-refractivity contribution is -0.122. The largest absolute Gasteiger partial charge is 0.535 e. The lowest BCUT2D eigenvalue weighted by atomic mass is 10.0. The minimum Gasteiger partial charge on any atom is -0.281 e. The summed E-state index contributed by atoms with van der Waals surface area (Å²) in [6, 6.07) is 0. The number of carbonyl (C=O) groups is 1. The number of carbonyl (C=O) groups excluding carboxylic acids is 1. The van der Waals surface area contributed by atoms with Crippen LogP contribution in [0, 0.1) is 19.1 Å². The Morgan fingerprint density at radius 1 is 1.25 bits per heavy atom. The van der Waals surface area contributed by atoms with Crippen molar-refractivity contribution in [3.8, 4) is 0 Å². The van der Waals surface area contributed by atoms with Crippen LogP contribution in [-0.4, -0.2) is 11.9 Å². The maximum atomic E-state index is 11.4. The van der Waals surface area contributed by atoms with E-state index >= 15 is 0 Å². The molecule has 0 atom stereocenters. The monoisotopic (exact) mass is 162 g/mol. The highest BCUT2D eigenvalue weighted by Gasteiger charge is 2.36. The van der Waals surface area contributed by atoms with Crippen molar-refractivity contribution in [3.63, 3.8) is 0 Å². The van der Waals surface area contributed by atoms with E-state index in [2.05, 4.69) is 9.69 Å². The van der Waals surface area contributed by atoms with Gasteiger partial charge in [0, 0.05) is 5.92 Å². The molecule has 0 radical (unpaired) electrons. The van der Waals surface area contributed by atoms with Crippen molar-refractivity contribution in [1.82, 2.24) is 0 Å². The van der Waals surface area contributed by atoms with Crippen LogP contribution in [0.4, 0.5) is 0 Å². The molecular weight excluding hydrogens is 152 g/mol. The Kier molecular flexibility index (Phi) is 2.82. The molecular formula is C9H10N2O. The Morgan fingerprint density at radius 2 is 1.75 bits per heavy atom. The second-order valence-corrected chi connectivity index (χ2v) is 3.02. The summed E-state index contributed by atoms with van der Waals surface area (Å²) in [6.07, 6.45) is 2.83. The molecule has 0 aliphatic heterocycles. The molecule has 0 saturated heterocycles. The fraction of sp³-hybridized carbons (Fsp3) is 0.667. The molecule has 0 spiro atoms. The Hall–Kier alpha value is -1.35. The summed E-state index contributed by atoms with van der Waals surface area (Å²) >= 11 is 0. The van der Waals surface area contributed by atoms with Gasteiger partial charge < -0.3 is 0 Å². The quantitative estimate of drug-likeness (QED) is 0.569. The third-order valence-electron chi connectivity index (χ3n) is 2.26. The second-order valence-electron chi connectivity index (χ2n) is 3.02. The summed E-state index contributed by atoms with van der Waals surface area (Å²) in [5.74, 6) is -0.157. The Labute approximate surface area is 72.0 Å². The second kappa shape index (κ2) is 3.88. The van der Waals surface area contributed by atoms with Crippen LogP contribution in [0.5, 0.6) is 0 Å². The van der Waals surface area contributed by atoms with Crippen molar-refractivity contribution >= 4 is 5.78 Å². The van der Waals surface area contributed by atoms with Gasteiger partial charge in [-0.1, -0.05) is 12.8 Å². The molecule has 3 heteroatoms. The zero-order chi connectivity index (χ0) is 8.97. The van der Waals surface area contributed by atoms with E-state index in [4.69, 9.17) is 13.1 Å². The van der Waals surface area contributed by atoms with Crippen molar-refractivity contribution in [2.75, 3.05) is 0 Å². The van der Waals surface area contributed by atoms with Crippen LogP contribution in [0.25, 0.3) is 9.69 Å². The van der Waals surface area contributed by atoms with Gasteiger partial charge in [0.25, 0.3) is 0 Å². The maximum Gasteiger partial charge on any atom is 0.535 e. The molecule has 0 bridgehead atoms. The molecule has 0 unspecified atom stereocenters. The molecule has 1 aliphatic rings. The van der Waals surface area contributed by atoms with Crippen LogP contribution in [0.3, 0.4) is 0 Å². The first kappa shape index (κ1) is 8.74. The van der Waals surface area contributed by atoms with E-state index in [0.29, 0.717) is 0 Å². The Bertz CT molecular complexity index is 239. The highest BCUT2D eigenvalue weighted by atomic mass is 16.1. The molecule has 0 aromatic heterocycles. The highest BCUT2D eigenvalue weighted by molar-refractivity contribution is 5.89. The molecule has 62 valence electrons. The third-order valence-corrected chi connectivity index (χ3v) is 2.26. The molecule has 0 heterocycles. The molecule has 1 aliphatic carbocycles. The molecule has 3 nitrogen and oxygen atoms in total. The summed E-state index contributed by atoms with van der Waals surface area (Å²) in [6.45, 7) is 13.3. The number of Topliss-reactive ketones (excluding diaryl/α,β-unsaturated/α-hetero) is 1. The number of hydrogen-bond donors (Lipinski definition) is 0. The predicted octanol–water partition coefficient (Wildman–Crippen LogP) is 1.91. The highest BCUT2D eigenvalue weighted by Crippen LogP contribution is 2.27. The first-order valence-corrected chi connectivity index (χ1v) is 4.06. The Morgan fingerprint density at radius 3 is 2.17 bits per heavy atom. The average molecular weight is 162 g/mol. The van der Waals surface area contributed by atoms with Gasteiger partial charge in [-0.25, -0.2) is 22.8 Å². The first-order chi connectivity index (χ1) is 5.79. The van der Waals surface area contributed by atoms with Gasteiger partial charge in [-0.2, -0.15) is 0 Å². The number of ketones is 1. The zero-order valence-electron chi connectivity index (χ0n) is 6.79. The summed E-state index contributed by atoms with van der Waals surface area (Å²) in [5, 5.41) is 0. The van der Waals surface area contributed by atoms with Crippen LogP contribution < -0.4 is 0 Å². The van der Waals surface area contributed by atoms with Gasteiger partial charge in [0.1, 0.15) is 0 Å². The summed E-state index contributed by atoms with van der Waals surface area (Å²) in [4.78, 5) is 17.4. The van der Waals surface area contributed by atoms with E-state index in [0.717, 1.165) is 25.7 Å². The molecule has 0 aromatic carbocycles. The summed E-state index contributed by atoms with van der Waals surface area (Å²) in [7, 11) is 0. The van der Waals surface area contributed by atoms with Gasteiger partial charge in [0.15, 0.2) is 0 Å². The van der Waals surface area contributed by atoms with Crippen molar-refractivity contribution in [1.29, 1.82) is 0 Å². The molecule has 0 N–H and O–H groups in total. The Balaban J connectivity index is 2.58. The standard InChI is InChI=1S/C9H10N2O/c1-10-9(11-2)8(12)7-5-3-4-6-7/h7,9H,3-6H2. The predicted molar refractivity (Wildman–Crippen MR) is 44.0 cm³/mol. The van der Waals surface area contributed by atoms with Crippen LogP contribution in [0.15, 0.2) is 0 Å². The average Bonchev–Trinajstić information content (AvgIpc) is 2.58. The van der Waals surface area contributed by atoms with Crippen molar-refractivity contribution in [2.24, 2.45) is 5.92 Å². The van der Waals surface area contributed by atoms with Gasteiger partial charge in [-0.05, 0) is 12.8 Å². The van der Waals surface area contributed by atoms with Crippen LogP contribution in [-0.2, 0) is 4.79 Å². The topological polar surface area (TPSA) is 25.8 Å². The van der Waals surface area contributed by atoms with Gasteiger partial charge in [0.05, 0.1) is 0 Å². The van der Waals surface area contributed by atoms with E-state index < -0.39 is 6.17 Å². The summed E-state index contributed by atoms with van der Waals surface area (Å²) in [5.41, 5.74) is 0. The van der Waals surface area contributed by atoms with Crippen molar-refractivity contribution < 1.29 is 4.79 Å². The zero-order valence-corrected chi connectivity index (χ0v) is 6.79. The van der Waals surface area contributed by atoms with Crippen molar-refractivity contribution in [3.05, 3.63) is 22.8 Å². The lowest BCUT2D eigenvalue weighted by Crippen LogP contribution is -2.20. The smallest absolute Gasteiger partial charge is 0.281 e. The number of rotatable bonds is 2. The van der Waals surface area contributed by atoms with E-state index in [1.807, 2.05) is 0 Å². The van der Waals surface area contributed by atoms with Gasteiger partial charge >= 0.3 is 11.9 Å². The molecule has 1 fully saturated rings.